The fraction of sp³-hybridized carbons (Fsp3) is 0.222. The Morgan fingerprint density at radius 1 is 1.17 bits per heavy atom. The molecule has 2 aromatic heterocycles. The fourth-order valence-corrected chi connectivity index (χ4v) is 3.45. The second kappa shape index (κ2) is 7.84. The van der Waals surface area contributed by atoms with Gasteiger partial charge in [-0.25, -0.2) is 18.1 Å². The quantitative estimate of drug-likeness (QED) is 0.655. The van der Waals surface area contributed by atoms with Crippen molar-refractivity contribution in [3.8, 4) is 17.0 Å². The van der Waals surface area contributed by atoms with E-state index in [4.69, 9.17) is 0 Å². The molecule has 0 radical (unpaired) electrons. The number of aryl methyl sites for hydroxylation is 1. The third-order valence-electron chi connectivity index (χ3n) is 4.04. The van der Waals surface area contributed by atoms with Gasteiger partial charge < -0.3 is 9.30 Å². The Morgan fingerprint density at radius 3 is 2.48 bits per heavy atom. The molecule has 0 amide bonds. The van der Waals surface area contributed by atoms with Gasteiger partial charge in [-0.3, -0.25) is 4.98 Å². The first kappa shape index (κ1) is 20.8. The number of sulfonamides is 1. The minimum Gasteiger partial charge on any atom is -0.404 e. The predicted molar refractivity (Wildman–Crippen MR) is 98.6 cm³/mol. The Hall–Kier alpha value is -2.92. The molecule has 0 aliphatic carbocycles. The van der Waals surface area contributed by atoms with Crippen molar-refractivity contribution in [2.45, 2.75) is 17.7 Å². The van der Waals surface area contributed by atoms with Gasteiger partial charge in [0.2, 0.25) is 10.0 Å². The van der Waals surface area contributed by atoms with Crippen molar-refractivity contribution in [3.05, 3.63) is 60.3 Å². The lowest BCUT2D eigenvalue weighted by Gasteiger charge is -2.12. The number of nitrogens with one attached hydrogen (secondary N) is 1. The molecule has 0 bridgehead atoms. The molecule has 0 atom stereocenters. The molecule has 3 rings (SSSR count). The normalized spacial score (nSPS) is 12.2. The molecule has 154 valence electrons. The van der Waals surface area contributed by atoms with Gasteiger partial charge in [0.1, 0.15) is 5.75 Å². The van der Waals surface area contributed by atoms with E-state index in [-0.39, 0.29) is 11.3 Å². The van der Waals surface area contributed by atoms with Crippen LogP contribution in [0.4, 0.5) is 13.2 Å². The summed E-state index contributed by atoms with van der Waals surface area (Å²) in [6, 6.07) is 7.19. The number of hydrogen-bond donors (Lipinski definition) is 1. The molecular weight excluding hydrogens is 409 g/mol. The van der Waals surface area contributed by atoms with Crippen molar-refractivity contribution in [1.29, 1.82) is 0 Å². The molecule has 0 saturated heterocycles. The van der Waals surface area contributed by atoms with Crippen LogP contribution in [0.1, 0.15) is 11.3 Å². The van der Waals surface area contributed by atoms with Gasteiger partial charge in [0.15, 0.2) is 0 Å². The molecule has 1 aromatic carbocycles. The molecule has 11 heteroatoms. The van der Waals surface area contributed by atoms with Crippen LogP contribution >= 0.6 is 0 Å². The third kappa shape index (κ3) is 5.12. The van der Waals surface area contributed by atoms with Crippen molar-refractivity contribution >= 4 is 10.0 Å². The van der Waals surface area contributed by atoms with E-state index in [1.54, 1.807) is 30.2 Å². The summed E-state index contributed by atoms with van der Waals surface area (Å²) < 4.78 is 69.0. The number of ether oxygens (including phenoxy) is 1. The Balaban J connectivity index is 1.96. The van der Waals surface area contributed by atoms with Crippen molar-refractivity contribution in [2.24, 2.45) is 7.05 Å². The SMILES string of the molecule is CNS(=O)(=O)c1ccc(Cc2ccc(OC(F)(F)F)cn2)c(-c2cn(C)cn2)c1. The third-order valence-corrected chi connectivity index (χ3v) is 5.46. The molecule has 2 heterocycles. The monoisotopic (exact) mass is 426 g/mol. The van der Waals surface area contributed by atoms with E-state index in [0.717, 1.165) is 11.8 Å². The van der Waals surface area contributed by atoms with E-state index in [2.05, 4.69) is 19.4 Å². The summed E-state index contributed by atoms with van der Waals surface area (Å²) in [5.41, 5.74) is 2.35. The number of aromatic nitrogens is 3. The molecule has 0 aliphatic rings. The number of nitrogens with zero attached hydrogens (tertiary/aromatic N) is 3. The second-order valence-corrected chi connectivity index (χ2v) is 8.05. The molecule has 7 nitrogen and oxygen atoms in total. The maximum Gasteiger partial charge on any atom is 0.573 e. The molecule has 0 aliphatic heterocycles. The van der Waals surface area contributed by atoms with Crippen LogP contribution < -0.4 is 9.46 Å². The van der Waals surface area contributed by atoms with Crippen molar-refractivity contribution in [2.75, 3.05) is 7.05 Å². The van der Waals surface area contributed by atoms with Gasteiger partial charge in [0.05, 0.1) is 23.1 Å². The number of hydrogen-bond acceptors (Lipinski definition) is 5. The van der Waals surface area contributed by atoms with Crippen molar-refractivity contribution in [3.63, 3.8) is 0 Å². The number of imidazole rings is 1. The zero-order chi connectivity index (χ0) is 21.2. The van der Waals surface area contributed by atoms with E-state index in [0.29, 0.717) is 17.0 Å². The standard InChI is InChI=1S/C18H17F3N4O3S/c1-22-29(26,27)15-6-3-12(16(8-15)17-10-25(2)11-24-17)7-13-4-5-14(9-23-13)28-18(19,20)21/h3-6,8-11,22H,7H2,1-2H3. The maximum absolute atomic E-state index is 12.3. The van der Waals surface area contributed by atoms with Crippen LogP contribution in [-0.4, -0.2) is 36.4 Å². The van der Waals surface area contributed by atoms with Crippen LogP contribution in [0.2, 0.25) is 0 Å². The molecule has 0 unspecified atom stereocenters. The first-order valence-corrected chi connectivity index (χ1v) is 9.81. The summed E-state index contributed by atoms with van der Waals surface area (Å²) in [4.78, 5) is 8.35. The van der Waals surface area contributed by atoms with E-state index in [1.165, 1.54) is 31.3 Å². The first-order chi connectivity index (χ1) is 13.6. The van der Waals surface area contributed by atoms with Crippen LogP contribution in [0.3, 0.4) is 0 Å². The summed E-state index contributed by atoms with van der Waals surface area (Å²) in [5, 5.41) is 0. The van der Waals surface area contributed by atoms with Gasteiger partial charge in [-0.15, -0.1) is 13.2 Å². The minimum absolute atomic E-state index is 0.0753. The smallest absolute Gasteiger partial charge is 0.404 e. The lowest BCUT2D eigenvalue weighted by molar-refractivity contribution is -0.274. The Bertz CT molecular complexity index is 1110. The molecule has 29 heavy (non-hydrogen) atoms. The average molecular weight is 426 g/mol. The van der Waals surface area contributed by atoms with Crippen LogP contribution in [0.25, 0.3) is 11.3 Å². The van der Waals surface area contributed by atoms with Crippen LogP contribution in [-0.2, 0) is 23.5 Å². The fourth-order valence-electron chi connectivity index (χ4n) is 2.69. The van der Waals surface area contributed by atoms with E-state index >= 15 is 0 Å². The first-order valence-electron chi connectivity index (χ1n) is 8.33. The number of halogens is 3. The average Bonchev–Trinajstić information content (AvgIpc) is 3.08. The number of alkyl halides is 3. The lowest BCUT2D eigenvalue weighted by Crippen LogP contribution is -2.18. The summed E-state index contributed by atoms with van der Waals surface area (Å²) in [5.74, 6) is -0.415. The molecule has 3 aromatic rings. The van der Waals surface area contributed by atoms with Gasteiger partial charge >= 0.3 is 6.36 Å². The molecule has 1 N–H and O–H groups in total. The Morgan fingerprint density at radius 2 is 1.93 bits per heavy atom. The van der Waals surface area contributed by atoms with Gasteiger partial charge in [-0.2, -0.15) is 0 Å². The number of rotatable bonds is 6. The van der Waals surface area contributed by atoms with Crippen LogP contribution in [0, 0.1) is 0 Å². The molecular formula is C18H17F3N4O3S. The minimum atomic E-state index is -4.79. The van der Waals surface area contributed by atoms with Crippen LogP contribution in [0.5, 0.6) is 5.75 Å². The lowest BCUT2D eigenvalue weighted by atomic mass is 10.0. The largest absolute Gasteiger partial charge is 0.573 e. The Kier molecular flexibility index (Phi) is 5.62. The van der Waals surface area contributed by atoms with Crippen molar-refractivity contribution in [1.82, 2.24) is 19.3 Å². The summed E-state index contributed by atoms with van der Waals surface area (Å²) >= 11 is 0. The summed E-state index contributed by atoms with van der Waals surface area (Å²) in [6.07, 6.45) is -0.215. The molecule has 0 fully saturated rings. The van der Waals surface area contributed by atoms with E-state index < -0.39 is 22.1 Å². The highest BCUT2D eigenvalue weighted by atomic mass is 32.2. The van der Waals surface area contributed by atoms with Gasteiger partial charge in [0, 0.05) is 30.9 Å². The van der Waals surface area contributed by atoms with Crippen LogP contribution in [0.15, 0.2) is 53.9 Å². The van der Waals surface area contributed by atoms with Crippen molar-refractivity contribution < 1.29 is 26.3 Å². The summed E-state index contributed by atoms with van der Waals surface area (Å²) in [7, 11) is -0.557. The zero-order valence-corrected chi connectivity index (χ0v) is 16.3. The number of pyridine rings is 1. The van der Waals surface area contributed by atoms with Gasteiger partial charge in [0.25, 0.3) is 0 Å². The highest BCUT2D eigenvalue weighted by Gasteiger charge is 2.31. The summed E-state index contributed by atoms with van der Waals surface area (Å²) in [6.45, 7) is 0. The predicted octanol–water partition coefficient (Wildman–Crippen LogP) is 2.88. The molecule has 0 spiro atoms. The number of benzene rings is 1. The van der Waals surface area contributed by atoms with E-state index in [9.17, 15) is 21.6 Å². The highest BCUT2D eigenvalue weighted by Crippen LogP contribution is 2.28. The second-order valence-electron chi connectivity index (χ2n) is 6.16. The van der Waals surface area contributed by atoms with Gasteiger partial charge in [-0.1, -0.05) is 6.07 Å². The molecule has 0 saturated carbocycles. The topological polar surface area (TPSA) is 86.1 Å². The van der Waals surface area contributed by atoms with Gasteiger partial charge in [-0.05, 0) is 36.9 Å². The zero-order valence-electron chi connectivity index (χ0n) is 15.4. The maximum atomic E-state index is 12.3. The van der Waals surface area contributed by atoms with E-state index in [1.807, 2.05) is 0 Å². The highest BCUT2D eigenvalue weighted by molar-refractivity contribution is 7.89. The Labute approximate surface area is 165 Å².